The van der Waals surface area contributed by atoms with E-state index in [1.54, 1.807) is 0 Å². The number of terminal acetylenes is 1. The van der Waals surface area contributed by atoms with Gasteiger partial charge in [0.25, 0.3) is 0 Å². The van der Waals surface area contributed by atoms with Gasteiger partial charge in [-0.05, 0) is 11.8 Å². The zero-order valence-electron chi connectivity index (χ0n) is 12.4. The summed E-state index contributed by atoms with van der Waals surface area (Å²) in [6.45, 7) is 6.04. The second-order valence-corrected chi connectivity index (χ2v) is 8.69. The Bertz CT molecular complexity index is 499. The van der Waals surface area contributed by atoms with Crippen LogP contribution in [0.15, 0.2) is 0 Å². The summed E-state index contributed by atoms with van der Waals surface area (Å²) in [6, 6.07) is -0.594. The van der Waals surface area contributed by atoms with Gasteiger partial charge >= 0.3 is 0 Å². The van der Waals surface area contributed by atoms with Crippen molar-refractivity contribution in [1.82, 2.24) is 4.90 Å². The maximum Gasteiger partial charge on any atom is 0.225 e. The molecule has 0 bridgehead atoms. The standard InChI is InChI=1S/C14H24N2O3S/c1-5-7-16(11-6-8-20(18,19)10-11)13(17)9-12(15)14(2,3)4/h1,11-12H,6-10,15H2,2-4H3. The summed E-state index contributed by atoms with van der Waals surface area (Å²) in [5, 5.41) is 0. The topological polar surface area (TPSA) is 80.5 Å². The molecule has 0 aromatic carbocycles. The van der Waals surface area contributed by atoms with E-state index >= 15 is 0 Å². The summed E-state index contributed by atoms with van der Waals surface area (Å²) in [7, 11) is -3.04. The summed E-state index contributed by atoms with van der Waals surface area (Å²) in [5.74, 6) is 2.40. The molecule has 2 N–H and O–H groups in total. The first-order chi connectivity index (χ1) is 9.07. The van der Waals surface area contributed by atoms with Crippen LogP contribution in [0.2, 0.25) is 0 Å². The van der Waals surface area contributed by atoms with Crippen molar-refractivity contribution in [2.75, 3.05) is 18.1 Å². The average Bonchev–Trinajstić information content (AvgIpc) is 2.64. The molecule has 0 aromatic rings. The Kier molecular flexibility index (Phi) is 5.22. The molecular weight excluding hydrogens is 276 g/mol. The Labute approximate surface area is 121 Å². The number of sulfone groups is 1. The molecule has 2 unspecified atom stereocenters. The van der Waals surface area contributed by atoms with Gasteiger partial charge in [0.05, 0.1) is 18.1 Å². The van der Waals surface area contributed by atoms with Gasteiger partial charge in [0.15, 0.2) is 9.84 Å². The van der Waals surface area contributed by atoms with Crippen molar-refractivity contribution in [3.8, 4) is 12.3 Å². The van der Waals surface area contributed by atoms with Crippen LogP contribution in [0.4, 0.5) is 0 Å². The molecule has 1 saturated heterocycles. The molecule has 1 aliphatic rings. The third-order valence-corrected chi connectivity index (χ3v) is 5.49. The second kappa shape index (κ2) is 6.15. The van der Waals surface area contributed by atoms with Crippen molar-refractivity contribution >= 4 is 15.7 Å². The van der Waals surface area contributed by atoms with Crippen LogP contribution in [-0.2, 0) is 14.6 Å². The van der Waals surface area contributed by atoms with E-state index in [0.717, 1.165) is 0 Å². The molecule has 0 aromatic heterocycles. The number of hydrogen-bond donors (Lipinski definition) is 1. The number of carbonyl (C=O) groups is 1. The fraction of sp³-hybridized carbons (Fsp3) is 0.786. The van der Waals surface area contributed by atoms with E-state index in [-0.39, 0.29) is 47.9 Å². The molecule has 114 valence electrons. The smallest absolute Gasteiger partial charge is 0.225 e. The minimum absolute atomic E-state index is 0.00513. The van der Waals surface area contributed by atoms with Crippen molar-refractivity contribution in [1.29, 1.82) is 0 Å². The quantitative estimate of drug-likeness (QED) is 0.762. The lowest BCUT2D eigenvalue weighted by Crippen LogP contribution is -2.46. The first-order valence-corrected chi connectivity index (χ1v) is 8.58. The number of carbonyl (C=O) groups excluding carboxylic acids is 1. The molecule has 5 nitrogen and oxygen atoms in total. The summed E-state index contributed by atoms with van der Waals surface area (Å²) < 4.78 is 23.1. The molecule has 1 heterocycles. The zero-order chi connectivity index (χ0) is 15.6. The van der Waals surface area contributed by atoms with Crippen LogP contribution in [0.25, 0.3) is 0 Å². The fourth-order valence-corrected chi connectivity index (χ4v) is 3.88. The molecule has 20 heavy (non-hydrogen) atoms. The van der Waals surface area contributed by atoms with E-state index in [4.69, 9.17) is 12.2 Å². The van der Waals surface area contributed by atoms with Gasteiger partial charge in [0.1, 0.15) is 0 Å². The molecule has 2 atom stereocenters. The van der Waals surface area contributed by atoms with Gasteiger partial charge in [0, 0.05) is 18.5 Å². The largest absolute Gasteiger partial charge is 0.327 e. The van der Waals surface area contributed by atoms with Gasteiger partial charge in [-0.1, -0.05) is 26.7 Å². The van der Waals surface area contributed by atoms with Gasteiger partial charge in [-0.3, -0.25) is 4.79 Å². The fourth-order valence-electron chi connectivity index (χ4n) is 2.15. The number of hydrogen-bond acceptors (Lipinski definition) is 4. The Morgan fingerprint density at radius 2 is 2.10 bits per heavy atom. The number of nitrogens with zero attached hydrogens (tertiary/aromatic N) is 1. The maximum absolute atomic E-state index is 12.3. The lowest BCUT2D eigenvalue weighted by atomic mass is 9.85. The molecule has 0 saturated carbocycles. The molecule has 6 heteroatoms. The van der Waals surface area contributed by atoms with Gasteiger partial charge in [0.2, 0.25) is 5.91 Å². The Morgan fingerprint density at radius 1 is 1.50 bits per heavy atom. The van der Waals surface area contributed by atoms with E-state index in [1.165, 1.54) is 4.90 Å². The van der Waals surface area contributed by atoms with E-state index in [1.807, 2.05) is 20.8 Å². The van der Waals surface area contributed by atoms with E-state index < -0.39 is 9.84 Å². The third-order valence-electron chi connectivity index (χ3n) is 3.74. The first-order valence-electron chi connectivity index (χ1n) is 6.76. The molecule has 1 amide bonds. The number of nitrogens with two attached hydrogens (primary N) is 1. The molecule has 0 spiro atoms. The predicted octanol–water partition coefficient (Wildman–Crippen LogP) is 0.399. The normalized spacial score (nSPS) is 23.1. The van der Waals surface area contributed by atoms with Gasteiger partial charge in [-0.15, -0.1) is 6.42 Å². The predicted molar refractivity (Wildman–Crippen MR) is 79.7 cm³/mol. The molecule has 0 radical (unpaired) electrons. The minimum Gasteiger partial charge on any atom is -0.327 e. The lowest BCUT2D eigenvalue weighted by molar-refractivity contribution is -0.133. The van der Waals surface area contributed by atoms with Gasteiger partial charge in [-0.2, -0.15) is 0 Å². The molecular formula is C14H24N2O3S. The zero-order valence-corrected chi connectivity index (χ0v) is 13.2. The second-order valence-electron chi connectivity index (χ2n) is 6.46. The SMILES string of the molecule is C#CCN(C(=O)CC(N)C(C)(C)C)C1CCS(=O)(=O)C1. The summed E-state index contributed by atoms with van der Waals surface area (Å²) in [5.41, 5.74) is 5.84. The molecule has 1 rings (SSSR count). The number of amides is 1. The number of rotatable bonds is 4. The summed E-state index contributed by atoms with van der Waals surface area (Å²) in [4.78, 5) is 13.8. The highest BCUT2D eigenvalue weighted by Crippen LogP contribution is 2.23. The van der Waals surface area contributed by atoms with Crippen molar-refractivity contribution in [3.63, 3.8) is 0 Å². The van der Waals surface area contributed by atoms with Gasteiger partial charge in [-0.25, -0.2) is 8.42 Å². The summed E-state index contributed by atoms with van der Waals surface area (Å²) in [6.07, 6.45) is 5.94. The lowest BCUT2D eigenvalue weighted by Gasteiger charge is -2.31. The van der Waals surface area contributed by atoms with Crippen molar-refractivity contribution < 1.29 is 13.2 Å². The minimum atomic E-state index is -3.04. The monoisotopic (exact) mass is 300 g/mol. The van der Waals surface area contributed by atoms with Crippen molar-refractivity contribution in [2.45, 2.75) is 45.7 Å². The Morgan fingerprint density at radius 3 is 2.50 bits per heavy atom. The third kappa shape index (κ3) is 4.50. The van der Waals surface area contributed by atoms with Crippen LogP contribution >= 0.6 is 0 Å². The van der Waals surface area contributed by atoms with Crippen LogP contribution in [0.1, 0.15) is 33.6 Å². The van der Waals surface area contributed by atoms with Crippen LogP contribution in [-0.4, -0.2) is 49.4 Å². The van der Waals surface area contributed by atoms with E-state index in [9.17, 15) is 13.2 Å². The van der Waals surface area contributed by atoms with E-state index in [2.05, 4.69) is 5.92 Å². The van der Waals surface area contributed by atoms with Crippen LogP contribution < -0.4 is 5.73 Å². The molecule has 1 aliphatic heterocycles. The van der Waals surface area contributed by atoms with Crippen LogP contribution in [0, 0.1) is 17.8 Å². The maximum atomic E-state index is 12.3. The van der Waals surface area contributed by atoms with Crippen molar-refractivity contribution in [2.24, 2.45) is 11.1 Å². The molecule has 1 fully saturated rings. The highest BCUT2D eigenvalue weighted by molar-refractivity contribution is 7.91. The summed E-state index contributed by atoms with van der Waals surface area (Å²) >= 11 is 0. The van der Waals surface area contributed by atoms with Crippen LogP contribution in [0.3, 0.4) is 0 Å². The first kappa shape index (κ1) is 17.0. The van der Waals surface area contributed by atoms with Gasteiger partial charge < -0.3 is 10.6 Å². The highest BCUT2D eigenvalue weighted by Gasteiger charge is 2.35. The highest BCUT2D eigenvalue weighted by atomic mass is 32.2. The Hall–Kier alpha value is -1.06. The Balaban J connectivity index is 2.77. The average molecular weight is 300 g/mol. The molecule has 0 aliphatic carbocycles. The van der Waals surface area contributed by atoms with E-state index in [0.29, 0.717) is 6.42 Å². The van der Waals surface area contributed by atoms with Crippen LogP contribution in [0.5, 0.6) is 0 Å². The van der Waals surface area contributed by atoms with Crippen molar-refractivity contribution in [3.05, 3.63) is 0 Å².